The number of nitrogens with two attached hydrogens (primary N) is 1. The molecule has 2 fully saturated rings. The minimum Gasteiger partial charge on any atom is -0.481 e. The Kier molecular flexibility index (Phi) is 24.0. The number of unbranched alkanes of at least 4 members (excludes halogenated alkanes) is 1. The van der Waals surface area contributed by atoms with E-state index in [0.29, 0.717) is 31.4 Å². The van der Waals surface area contributed by atoms with Gasteiger partial charge >= 0.3 is 23.9 Å². The molecule has 3 aliphatic heterocycles. The molecule has 1 aromatic rings. The lowest BCUT2D eigenvalue weighted by molar-refractivity contribution is -0.141. The third kappa shape index (κ3) is 22.0. The van der Waals surface area contributed by atoms with Gasteiger partial charge in [0.25, 0.3) is 0 Å². The van der Waals surface area contributed by atoms with Crippen LogP contribution in [0.15, 0.2) is 35.3 Å². The summed E-state index contributed by atoms with van der Waals surface area (Å²) >= 11 is 0. The van der Waals surface area contributed by atoms with E-state index in [1.165, 1.54) is 0 Å². The molecule has 3 heterocycles. The molecule has 0 aromatic heterocycles. The molecular weight excluding hydrogens is 947 g/mol. The van der Waals surface area contributed by atoms with Crippen LogP contribution in [0.25, 0.3) is 0 Å². The van der Waals surface area contributed by atoms with Crippen LogP contribution in [-0.4, -0.2) is 234 Å². The lowest BCUT2D eigenvalue weighted by atomic mass is 10.0. The molecule has 6 amide bonds. The Morgan fingerprint density at radius 1 is 0.583 bits per heavy atom. The first-order chi connectivity index (χ1) is 34.3. The van der Waals surface area contributed by atoms with Crippen molar-refractivity contribution in [3.05, 3.63) is 35.9 Å². The molecule has 0 spiro atoms. The highest BCUT2D eigenvalue weighted by Crippen LogP contribution is 2.12. The molecule has 0 radical (unpaired) electrons. The van der Waals surface area contributed by atoms with Gasteiger partial charge in [-0.15, -0.1) is 0 Å². The average molecular weight is 1020 g/mol. The van der Waals surface area contributed by atoms with Gasteiger partial charge in [-0.1, -0.05) is 30.3 Å². The van der Waals surface area contributed by atoms with Gasteiger partial charge in [0.1, 0.15) is 24.2 Å². The molecule has 13 N–H and O–H groups in total. The molecule has 5 atom stereocenters. The highest BCUT2D eigenvalue weighted by molar-refractivity contribution is 5.98. The molecular formula is C45H69N13O14. The Bertz CT molecular complexity index is 2050. The number of carboxylic acids is 4. The number of hydrogen-bond donors (Lipinski definition) is 12. The number of carbonyl (C=O) groups excluding carboxylic acids is 6. The minimum absolute atomic E-state index is 0.0124. The number of hydrogen-bond acceptors (Lipinski definition) is 17. The predicted octanol–water partition coefficient (Wildman–Crippen LogP) is -5.01. The second-order valence-electron chi connectivity index (χ2n) is 17.9. The number of benzene rings is 1. The largest absolute Gasteiger partial charge is 0.481 e. The quantitative estimate of drug-likeness (QED) is 0.0544. The van der Waals surface area contributed by atoms with Crippen LogP contribution in [0.1, 0.15) is 50.5 Å². The van der Waals surface area contributed by atoms with Gasteiger partial charge in [-0.2, -0.15) is 0 Å². The smallest absolute Gasteiger partial charge is 0.317 e. The molecule has 4 rings (SSSR count). The van der Waals surface area contributed by atoms with Crippen molar-refractivity contribution in [1.29, 1.82) is 0 Å². The van der Waals surface area contributed by atoms with Crippen molar-refractivity contribution in [3.8, 4) is 0 Å². The first kappa shape index (κ1) is 57.6. The zero-order chi connectivity index (χ0) is 52.6. The van der Waals surface area contributed by atoms with Gasteiger partial charge in [0.2, 0.25) is 35.4 Å². The number of aliphatic imine (C=N–C) groups is 1. The van der Waals surface area contributed by atoms with Gasteiger partial charge in [0.15, 0.2) is 5.96 Å². The maximum Gasteiger partial charge on any atom is 0.317 e. The third-order valence-electron chi connectivity index (χ3n) is 12.2. The molecule has 2 saturated heterocycles. The minimum atomic E-state index is -1.64. The SMILES string of the molecule is NC1=NCCC(CC[C@@H]2NC(=O)[C@@H](CCCCNC(=O)CN3CCN(CC(=O)O)CCN(CC(=O)O)CCN(CC(=O)O)CC3)NC(=O)[C@H](Cc3ccccc3)NC(=O)[C@H](CC(=O)O)NC(=O)CNC2=O)N1. The van der Waals surface area contributed by atoms with Gasteiger partial charge < -0.3 is 63.4 Å². The molecule has 27 nitrogen and oxygen atoms in total. The summed E-state index contributed by atoms with van der Waals surface area (Å²) in [6, 6.07) is 2.84. The van der Waals surface area contributed by atoms with Crippen LogP contribution in [0.4, 0.5) is 0 Å². The molecule has 27 heteroatoms. The second-order valence-corrected chi connectivity index (χ2v) is 17.9. The average Bonchev–Trinajstić information content (AvgIpc) is 3.31. The highest BCUT2D eigenvalue weighted by atomic mass is 16.4. The first-order valence-corrected chi connectivity index (χ1v) is 23.9. The van der Waals surface area contributed by atoms with E-state index in [9.17, 15) is 68.4 Å². The number of nitrogens with one attached hydrogen (secondary N) is 7. The van der Waals surface area contributed by atoms with E-state index in [1.807, 2.05) is 0 Å². The number of aliphatic carboxylic acids is 4. The maximum atomic E-state index is 14.2. The summed E-state index contributed by atoms with van der Waals surface area (Å²) in [5.41, 5.74) is 6.47. The number of amides is 6. The Labute approximate surface area is 416 Å². The molecule has 72 heavy (non-hydrogen) atoms. The number of rotatable bonds is 20. The van der Waals surface area contributed by atoms with Crippen molar-refractivity contribution in [3.63, 3.8) is 0 Å². The van der Waals surface area contributed by atoms with Crippen LogP contribution in [-0.2, 0) is 54.4 Å². The zero-order valence-corrected chi connectivity index (χ0v) is 40.2. The van der Waals surface area contributed by atoms with Crippen LogP contribution in [0.3, 0.4) is 0 Å². The van der Waals surface area contributed by atoms with Gasteiger partial charge in [0.05, 0.1) is 39.1 Å². The second kappa shape index (κ2) is 30.0. The molecule has 398 valence electrons. The highest BCUT2D eigenvalue weighted by Gasteiger charge is 2.34. The predicted molar refractivity (Wildman–Crippen MR) is 256 cm³/mol. The summed E-state index contributed by atoms with van der Waals surface area (Å²) in [5.74, 6) is -9.06. The molecule has 0 bridgehead atoms. The first-order valence-electron chi connectivity index (χ1n) is 23.9. The fraction of sp³-hybridized carbons (Fsp3) is 0.622. The molecule has 0 aliphatic carbocycles. The Balaban J connectivity index is 1.49. The molecule has 0 saturated carbocycles. The topological polar surface area (TPSA) is 387 Å². The zero-order valence-electron chi connectivity index (χ0n) is 40.2. The number of guanidine groups is 1. The summed E-state index contributed by atoms with van der Waals surface area (Å²) in [4.78, 5) is 140. The third-order valence-corrected chi connectivity index (χ3v) is 12.2. The summed E-state index contributed by atoms with van der Waals surface area (Å²) in [5, 5.41) is 56.8. The number of carbonyl (C=O) groups is 10. The monoisotopic (exact) mass is 1020 g/mol. The van der Waals surface area contributed by atoms with Crippen LogP contribution < -0.4 is 43.0 Å². The number of nitrogens with zero attached hydrogens (tertiary/aromatic N) is 5. The van der Waals surface area contributed by atoms with Crippen LogP contribution >= 0.6 is 0 Å². The Morgan fingerprint density at radius 2 is 1.08 bits per heavy atom. The summed E-state index contributed by atoms with van der Waals surface area (Å²) < 4.78 is 0. The lowest BCUT2D eigenvalue weighted by Crippen LogP contribution is -2.58. The van der Waals surface area contributed by atoms with E-state index in [2.05, 4.69) is 42.2 Å². The fourth-order valence-electron chi connectivity index (χ4n) is 8.33. The van der Waals surface area contributed by atoms with Crippen molar-refractivity contribution < 1.29 is 68.4 Å². The van der Waals surface area contributed by atoms with Gasteiger partial charge in [0, 0.05) is 77.9 Å². The molecule has 3 aliphatic rings. The van der Waals surface area contributed by atoms with Crippen LogP contribution in [0, 0.1) is 0 Å². The van der Waals surface area contributed by atoms with Crippen molar-refractivity contribution in [2.45, 2.75) is 81.6 Å². The molecule has 1 unspecified atom stereocenters. The van der Waals surface area contributed by atoms with Crippen molar-refractivity contribution in [1.82, 2.24) is 56.8 Å². The van der Waals surface area contributed by atoms with Crippen LogP contribution in [0.5, 0.6) is 0 Å². The summed E-state index contributed by atoms with van der Waals surface area (Å²) in [6.07, 6.45) is 0.571. The Hall–Kier alpha value is -6.97. The van der Waals surface area contributed by atoms with Gasteiger partial charge in [-0.25, -0.2) is 0 Å². The summed E-state index contributed by atoms with van der Waals surface area (Å²) in [7, 11) is 0. The lowest BCUT2D eigenvalue weighted by Gasteiger charge is -2.32. The Morgan fingerprint density at radius 3 is 1.61 bits per heavy atom. The normalized spacial score (nSPS) is 23.3. The van der Waals surface area contributed by atoms with E-state index < -0.39 is 96.5 Å². The van der Waals surface area contributed by atoms with E-state index in [1.54, 1.807) is 49.9 Å². The summed E-state index contributed by atoms with van der Waals surface area (Å²) in [6.45, 7) is 0.545. The number of carboxylic acid groups (broad SMARTS) is 4. The van der Waals surface area contributed by atoms with Crippen molar-refractivity contribution >= 4 is 65.3 Å². The fourth-order valence-corrected chi connectivity index (χ4v) is 8.33. The maximum absolute atomic E-state index is 14.2. The van der Waals surface area contributed by atoms with E-state index in [4.69, 9.17) is 5.73 Å². The van der Waals surface area contributed by atoms with Gasteiger partial charge in [-0.05, 0) is 44.1 Å². The van der Waals surface area contributed by atoms with Crippen molar-refractivity contribution in [2.24, 2.45) is 10.7 Å². The van der Waals surface area contributed by atoms with Crippen molar-refractivity contribution in [2.75, 3.05) is 98.2 Å². The molecule has 1 aromatic carbocycles. The van der Waals surface area contributed by atoms with E-state index >= 15 is 0 Å². The van der Waals surface area contributed by atoms with E-state index in [-0.39, 0.29) is 123 Å². The van der Waals surface area contributed by atoms with Crippen LogP contribution in [0.2, 0.25) is 0 Å². The van der Waals surface area contributed by atoms with E-state index in [0.717, 1.165) is 0 Å². The van der Waals surface area contributed by atoms with Gasteiger partial charge in [-0.3, -0.25) is 72.5 Å². The standard InChI is InChI=1S/C45H69N13O14/c46-45-48-13-11-30(50-45)9-10-32-41(69)49-24-35(59)51-34(23-37(61)62)44(72)54-33(22-29-6-2-1-3-7-29)43(71)52-31(42(70)53-32)8-4-5-12-47-36(60)25-55-14-16-56(26-38(63)64)18-20-58(28-40(67)68)21-19-57(17-15-55)27-39(65)66/h1-3,6-7,30-34H,4-5,8-28H2,(H,47,60)(H,49,69)(H,51,59)(H,52,71)(H,53,70)(H,54,72)(H,61,62)(H,63,64)(H,65,66)(H,67,68)(H3,46,48,50)/t30?,31-,32+,33+,34+/m1/s1.